The van der Waals surface area contributed by atoms with Crippen LogP contribution in [0.3, 0.4) is 0 Å². The fourth-order valence-electron chi connectivity index (χ4n) is 2.19. The van der Waals surface area contributed by atoms with E-state index >= 15 is 0 Å². The summed E-state index contributed by atoms with van der Waals surface area (Å²) < 4.78 is 14.4. The molecule has 0 fully saturated rings. The standard InChI is InChI=1S/C16H16BrFN2O/c1-10-4-2-3-5-11(10)6-7-20-14-9-12(17)8-13(18)15(14)16(19)21/h2-5,8-9,20H,6-7H2,1H3,(H2,19,21). The lowest BCUT2D eigenvalue weighted by atomic mass is 10.1. The zero-order chi connectivity index (χ0) is 15.4. The summed E-state index contributed by atoms with van der Waals surface area (Å²) in [6.45, 7) is 2.63. The van der Waals surface area contributed by atoms with Crippen molar-refractivity contribution < 1.29 is 9.18 Å². The summed E-state index contributed by atoms with van der Waals surface area (Å²) >= 11 is 3.21. The van der Waals surface area contributed by atoms with Gasteiger partial charge in [0.1, 0.15) is 5.82 Å². The second kappa shape index (κ2) is 6.72. The molecule has 0 saturated carbocycles. The van der Waals surface area contributed by atoms with Crippen molar-refractivity contribution >= 4 is 27.5 Å². The lowest BCUT2D eigenvalue weighted by Gasteiger charge is -2.12. The Kier molecular flexibility index (Phi) is 4.96. The number of nitrogens with two attached hydrogens (primary N) is 1. The molecule has 3 N–H and O–H groups in total. The lowest BCUT2D eigenvalue weighted by molar-refractivity contribution is 0.0997. The number of carbonyl (C=O) groups excluding carboxylic acids is 1. The summed E-state index contributed by atoms with van der Waals surface area (Å²) in [7, 11) is 0. The summed E-state index contributed by atoms with van der Waals surface area (Å²) in [5.41, 5.74) is 7.95. The maximum atomic E-state index is 13.8. The van der Waals surface area contributed by atoms with Gasteiger partial charge in [-0.25, -0.2) is 4.39 Å². The maximum Gasteiger partial charge on any atom is 0.253 e. The minimum Gasteiger partial charge on any atom is -0.384 e. The highest BCUT2D eigenvalue weighted by atomic mass is 79.9. The van der Waals surface area contributed by atoms with Crippen LogP contribution in [0.1, 0.15) is 21.5 Å². The molecule has 1 amide bonds. The van der Waals surface area contributed by atoms with Gasteiger partial charge >= 0.3 is 0 Å². The largest absolute Gasteiger partial charge is 0.384 e. The molecule has 0 aromatic heterocycles. The zero-order valence-electron chi connectivity index (χ0n) is 11.6. The molecule has 0 aliphatic rings. The summed E-state index contributed by atoms with van der Waals surface area (Å²) in [4.78, 5) is 11.4. The Labute approximate surface area is 131 Å². The van der Waals surface area contributed by atoms with Crippen LogP contribution in [0, 0.1) is 12.7 Å². The van der Waals surface area contributed by atoms with Crippen LogP contribution in [0.15, 0.2) is 40.9 Å². The first-order valence-electron chi connectivity index (χ1n) is 6.56. The van der Waals surface area contributed by atoms with E-state index in [2.05, 4.69) is 21.2 Å². The van der Waals surface area contributed by atoms with E-state index < -0.39 is 11.7 Å². The number of aryl methyl sites for hydroxylation is 1. The molecule has 21 heavy (non-hydrogen) atoms. The molecular formula is C16H16BrFN2O. The van der Waals surface area contributed by atoms with Gasteiger partial charge in [0.2, 0.25) is 0 Å². The van der Waals surface area contributed by atoms with Gasteiger partial charge in [-0.1, -0.05) is 40.2 Å². The first-order valence-corrected chi connectivity index (χ1v) is 7.35. The summed E-state index contributed by atoms with van der Waals surface area (Å²) in [6.07, 6.45) is 0.777. The number of primary amides is 1. The van der Waals surface area contributed by atoms with Crippen LogP contribution in [0.4, 0.5) is 10.1 Å². The van der Waals surface area contributed by atoms with Crippen LogP contribution in [0.2, 0.25) is 0 Å². The molecule has 0 unspecified atom stereocenters. The second-order valence-electron chi connectivity index (χ2n) is 4.78. The number of nitrogens with one attached hydrogen (secondary N) is 1. The average Bonchev–Trinajstić information content (AvgIpc) is 2.39. The van der Waals surface area contributed by atoms with Crippen LogP contribution in [0.5, 0.6) is 0 Å². The van der Waals surface area contributed by atoms with Crippen LogP contribution in [-0.2, 0) is 6.42 Å². The fourth-order valence-corrected chi connectivity index (χ4v) is 2.62. The molecule has 0 aliphatic carbocycles. The summed E-state index contributed by atoms with van der Waals surface area (Å²) in [5, 5.41) is 3.08. The highest BCUT2D eigenvalue weighted by Gasteiger charge is 2.15. The first kappa shape index (κ1) is 15.5. The van der Waals surface area contributed by atoms with Gasteiger partial charge in [0.05, 0.1) is 11.3 Å². The Balaban J connectivity index is 2.13. The van der Waals surface area contributed by atoms with Crippen LogP contribution >= 0.6 is 15.9 Å². The SMILES string of the molecule is Cc1ccccc1CCNc1cc(Br)cc(F)c1C(N)=O. The number of halogens is 2. The minimum atomic E-state index is -0.779. The predicted molar refractivity (Wildman–Crippen MR) is 86.0 cm³/mol. The molecule has 2 aromatic rings. The quantitative estimate of drug-likeness (QED) is 0.864. The molecule has 110 valence electrons. The Morgan fingerprint density at radius 1 is 1.33 bits per heavy atom. The van der Waals surface area contributed by atoms with Gasteiger partial charge in [-0.3, -0.25) is 4.79 Å². The number of amides is 1. The third kappa shape index (κ3) is 3.82. The predicted octanol–water partition coefficient (Wildman–Crippen LogP) is 3.65. The van der Waals surface area contributed by atoms with Crippen molar-refractivity contribution in [2.45, 2.75) is 13.3 Å². The van der Waals surface area contributed by atoms with Crippen LogP contribution < -0.4 is 11.1 Å². The normalized spacial score (nSPS) is 10.4. The van der Waals surface area contributed by atoms with Crippen molar-refractivity contribution in [1.29, 1.82) is 0 Å². The van der Waals surface area contributed by atoms with Crippen molar-refractivity contribution in [3.8, 4) is 0 Å². The highest BCUT2D eigenvalue weighted by molar-refractivity contribution is 9.10. The maximum absolute atomic E-state index is 13.8. The van der Waals surface area contributed by atoms with Crippen molar-refractivity contribution in [3.05, 3.63) is 63.4 Å². The van der Waals surface area contributed by atoms with Crippen molar-refractivity contribution in [3.63, 3.8) is 0 Å². The third-order valence-electron chi connectivity index (χ3n) is 3.27. The highest BCUT2D eigenvalue weighted by Crippen LogP contribution is 2.24. The van der Waals surface area contributed by atoms with E-state index in [4.69, 9.17) is 5.73 Å². The van der Waals surface area contributed by atoms with E-state index in [0.717, 1.165) is 6.42 Å². The van der Waals surface area contributed by atoms with Crippen LogP contribution in [0.25, 0.3) is 0 Å². The Bertz CT molecular complexity index is 673. The van der Waals surface area contributed by atoms with Crippen molar-refractivity contribution in [2.75, 3.05) is 11.9 Å². The van der Waals surface area contributed by atoms with E-state index in [1.54, 1.807) is 6.07 Å². The molecule has 0 aliphatic heterocycles. The molecular weight excluding hydrogens is 335 g/mol. The smallest absolute Gasteiger partial charge is 0.253 e. The molecule has 0 atom stereocenters. The summed E-state index contributed by atoms with van der Waals surface area (Å²) in [6, 6.07) is 10.9. The number of hydrogen-bond acceptors (Lipinski definition) is 2. The molecule has 0 spiro atoms. The van der Waals surface area contributed by atoms with Gasteiger partial charge in [0.15, 0.2) is 0 Å². The number of rotatable bonds is 5. The van der Waals surface area contributed by atoms with Gasteiger partial charge in [-0.2, -0.15) is 0 Å². The summed E-state index contributed by atoms with van der Waals surface area (Å²) in [5.74, 6) is -1.41. The van der Waals surface area contributed by atoms with E-state index in [0.29, 0.717) is 16.7 Å². The van der Waals surface area contributed by atoms with Gasteiger partial charge in [0.25, 0.3) is 5.91 Å². The minimum absolute atomic E-state index is 0.108. The van der Waals surface area contributed by atoms with E-state index in [1.807, 2.05) is 31.2 Å². The van der Waals surface area contributed by atoms with E-state index in [1.165, 1.54) is 17.2 Å². The third-order valence-corrected chi connectivity index (χ3v) is 3.73. The molecule has 2 aromatic carbocycles. The second-order valence-corrected chi connectivity index (χ2v) is 5.69. The van der Waals surface area contributed by atoms with Gasteiger partial charge in [-0.05, 0) is 36.6 Å². The Morgan fingerprint density at radius 3 is 2.71 bits per heavy atom. The van der Waals surface area contributed by atoms with Crippen LogP contribution in [-0.4, -0.2) is 12.5 Å². The van der Waals surface area contributed by atoms with E-state index in [-0.39, 0.29) is 5.56 Å². The number of benzene rings is 2. The first-order chi connectivity index (χ1) is 9.99. The fraction of sp³-hybridized carbons (Fsp3) is 0.188. The van der Waals surface area contributed by atoms with Crippen molar-refractivity contribution in [1.82, 2.24) is 0 Å². The van der Waals surface area contributed by atoms with Gasteiger partial charge < -0.3 is 11.1 Å². The number of carbonyl (C=O) groups is 1. The molecule has 5 heteroatoms. The molecule has 0 saturated heterocycles. The topological polar surface area (TPSA) is 55.1 Å². The number of anilines is 1. The van der Waals surface area contributed by atoms with E-state index in [9.17, 15) is 9.18 Å². The average molecular weight is 351 g/mol. The zero-order valence-corrected chi connectivity index (χ0v) is 13.2. The Morgan fingerprint density at radius 2 is 2.05 bits per heavy atom. The Hall–Kier alpha value is -1.88. The number of hydrogen-bond donors (Lipinski definition) is 2. The van der Waals surface area contributed by atoms with Crippen molar-refractivity contribution in [2.24, 2.45) is 5.73 Å². The molecule has 0 heterocycles. The lowest BCUT2D eigenvalue weighted by Crippen LogP contribution is -2.17. The van der Waals surface area contributed by atoms with Gasteiger partial charge in [-0.15, -0.1) is 0 Å². The monoisotopic (exact) mass is 350 g/mol. The molecule has 3 nitrogen and oxygen atoms in total. The van der Waals surface area contributed by atoms with Gasteiger partial charge in [0, 0.05) is 11.0 Å². The molecule has 0 bridgehead atoms. The molecule has 0 radical (unpaired) electrons. The molecule has 2 rings (SSSR count).